The van der Waals surface area contributed by atoms with E-state index in [4.69, 9.17) is 32.7 Å². The number of benzene rings is 4. The number of thioether (sulfide) groups is 2. The SMILES string of the molecule is C[C@@H](N1CN([C@@H]2c3ccccc3SCc3c(Cl)cccc32)n2ccc(=O)c(O)c2C1=O)C(F)(F)F.C[C@@H](N1CN([C@@H]2c3ccccc3SCc3c(Cl)cccc32)n2ccc(=O)c(OC(=O)N3CCOCC3)c2C1=O)C(F)(F)F. The monoisotopic (exact) mass is 1160 g/mol. The van der Waals surface area contributed by atoms with E-state index >= 15 is 0 Å². The van der Waals surface area contributed by atoms with Crippen LogP contribution in [0.5, 0.6) is 11.5 Å². The second kappa shape index (κ2) is 21.5. The molecular weight excluding hydrogens is 1110 g/mol. The highest BCUT2D eigenvalue weighted by atomic mass is 35.5. The summed E-state index contributed by atoms with van der Waals surface area (Å²) in [6.45, 7) is 1.74. The number of aromatic nitrogens is 2. The van der Waals surface area contributed by atoms with Gasteiger partial charge in [-0.15, -0.1) is 23.5 Å². The average molecular weight is 1160 g/mol. The van der Waals surface area contributed by atoms with Crippen LogP contribution in [0.2, 0.25) is 10.0 Å². The van der Waals surface area contributed by atoms with Crippen LogP contribution in [0.15, 0.2) is 129 Å². The predicted octanol–water partition coefficient (Wildman–Crippen LogP) is 9.93. The number of pyridine rings is 2. The molecule has 78 heavy (non-hydrogen) atoms. The molecule has 11 rings (SSSR count). The van der Waals surface area contributed by atoms with Gasteiger partial charge in [-0.1, -0.05) is 83.9 Å². The molecule has 3 amide bonds. The summed E-state index contributed by atoms with van der Waals surface area (Å²) in [5, 5.41) is 14.7. The van der Waals surface area contributed by atoms with Crippen molar-refractivity contribution in [1.82, 2.24) is 24.1 Å². The second-order valence-electron chi connectivity index (χ2n) is 18.6. The molecule has 0 saturated carbocycles. The number of carbonyl (C=O) groups is 3. The van der Waals surface area contributed by atoms with Crippen molar-refractivity contribution in [3.8, 4) is 11.5 Å². The third-order valence-electron chi connectivity index (χ3n) is 14.2. The first kappa shape index (κ1) is 54.6. The lowest BCUT2D eigenvalue weighted by Crippen LogP contribution is -2.60. The maximum atomic E-state index is 14.2. The maximum Gasteiger partial charge on any atom is 0.415 e. The molecule has 4 aromatic carbocycles. The Labute approximate surface area is 459 Å². The molecule has 1 N–H and O–H groups in total. The van der Waals surface area contributed by atoms with Crippen molar-refractivity contribution >= 4 is 64.6 Å². The summed E-state index contributed by atoms with van der Waals surface area (Å²) in [7, 11) is 0. The highest BCUT2D eigenvalue weighted by Gasteiger charge is 2.50. The molecule has 5 aliphatic rings. The van der Waals surface area contributed by atoms with E-state index in [0.29, 0.717) is 31.4 Å². The van der Waals surface area contributed by atoms with Crippen molar-refractivity contribution < 1.29 is 55.3 Å². The number of alkyl halides is 6. The Hall–Kier alpha value is -6.79. The van der Waals surface area contributed by atoms with E-state index in [2.05, 4.69) is 0 Å². The van der Waals surface area contributed by atoms with Crippen molar-refractivity contribution in [2.24, 2.45) is 0 Å². The zero-order valence-corrected chi connectivity index (χ0v) is 44.3. The molecule has 408 valence electrons. The molecule has 5 aliphatic heterocycles. The number of hydrogen-bond acceptors (Lipinski definition) is 12. The van der Waals surface area contributed by atoms with Crippen LogP contribution in [0.3, 0.4) is 0 Å². The van der Waals surface area contributed by atoms with Gasteiger partial charge in [-0.05, 0) is 71.5 Å². The lowest BCUT2D eigenvalue weighted by atomic mass is 9.94. The Balaban J connectivity index is 0.000000180. The molecule has 6 aromatic rings. The van der Waals surface area contributed by atoms with Crippen molar-refractivity contribution in [1.29, 1.82) is 0 Å². The Morgan fingerprint density at radius 1 is 0.628 bits per heavy atom. The molecule has 0 radical (unpaired) electrons. The Morgan fingerprint density at radius 3 is 1.55 bits per heavy atom. The fourth-order valence-electron chi connectivity index (χ4n) is 9.98. The smallest absolute Gasteiger partial charge is 0.415 e. The molecule has 4 atom stereocenters. The van der Waals surface area contributed by atoms with Crippen LogP contribution >= 0.6 is 46.7 Å². The Morgan fingerprint density at radius 2 is 1.06 bits per heavy atom. The number of morpholine rings is 1. The number of carbonyl (C=O) groups excluding carboxylic acids is 3. The van der Waals surface area contributed by atoms with Gasteiger partial charge in [0.1, 0.15) is 25.4 Å². The van der Waals surface area contributed by atoms with Gasteiger partial charge < -0.3 is 29.3 Å². The topological polar surface area (TPSA) is 150 Å². The number of rotatable bonds is 5. The van der Waals surface area contributed by atoms with Gasteiger partial charge in [0, 0.05) is 69.0 Å². The van der Waals surface area contributed by atoms with Crippen LogP contribution in [-0.2, 0) is 16.2 Å². The van der Waals surface area contributed by atoms with E-state index in [1.807, 2.05) is 60.7 Å². The summed E-state index contributed by atoms with van der Waals surface area (Å²) in [5.74, 6) is -2.66. The summed E-state index contributed by atoms with van der Waals surface area (Å²) in [6.07, 6.45) is -7.77. The van der Waals surface area contributed by atoms with Gasteiger partial charge in [-0.25, -0.2) is 4.79 Å². The standard InChI is InChI=1S/C29H26ClF3N4O5S.C24H19ClF3N3O3S/c1-17(29(31,32)33)35-16-37(24-18-6-4-7-21(30)20(18)15-43-23-8-3-2-5-19(23)24)36-10-9-22(38)26(25(36)27(35)39)42-28(40)34-11-13-41-14-12-34;1-13(24(26,27)28)29-12-31(30-10-9-18(32)22(33)21(30)23(29)34)20-14-6-4-7-17(25)16(14)11-35-19-8-3-2-5-15(19)20/h2-10,17,24H,11-16H2,1H3;2-10,13,20,33H,11-12H2,1H3/t17-,24+;13-,20+/m11/s1. The van der Waals surface area contributed by atoms with Gasteiger partial charge in [-0.3, -0.25) is 38.5 Å². The highest BCUT2D eigenvalue weighted by molar-refractivity contribution is 7.98. The van der Waals surface area contributed by atoms with Crippen LogP contribution < -0.4 is 25.6 Å². The first-order chi connectivity index (χ1) is 37.1. The fraction of sp³-hybridized carbons (Fsp3) is 0.302. The average Bonchev–Trinajstić information content (AvgIpc) is 3.89. The summed E-state index contributed by atoms with van der Waals surface area (Å²) in [6, 6.07) is 22.2. The van der Waals surface area contributed by atoms with Gasteiger partial charge in [0.05, 0.1) is 25.3 Å². The van der Waals surface area contributed by atoms with E-state index < -0.39 is 102 Å². The minimum atomic E-state index is -4.78. The molecule has 1 saturated heterocycles. The largest absolute Gasteiger partial charge is 0.502 e. The number of ether oxygens (including phenoxy) is 2. The van der Waals surface area contributed by atoms with Gasteiger partial charge in [0.15, 0.2) is 17.1 Å². The first-order valence-electron chi connectivity index (χ1n) is 24.2. The fourth-order valence-corrected chi connectivity index (χ4v) is 12.9. The van der Waals surface area contributed by atoms with Gasteiger partial charge in [-0.2, -0.15) is 26.3 Å². The molecule has 0 aliphatic carbocycles. The number of aromatic hydroxyl groups is 1. The van der Waals surface area contributed by atoms with Gasteiger partial charge >= 0.3 is 18.4 Å². The second-order valence-corrected chi connectivity index (χ2v) is 21.5. The summed E-state index contributed by atoms with van der Waals surface area (Å²) < 4.78 is 97.2. The maximum absolute atomic E-state index is 14.2. The zero-order valence-electron chi connectivity index (χ0n) is 41.1. The zero-order chi connectivity index (χ0) is 55.5. The molecular formula is C53H45Cl2F6N7O8S2. The van der Waals surface area contributed by atoms with Gasteiger partial charge in [0.25, 0.3) is 11.8 Å². The molecule has 25 heteroatoms. The Bertz CT molecular complexity index is 3490. The predicted molar refractivity (Wildman–Crippen MR) is 280 cm³/mol. The van der Waals surface area contributed by atoms with Gasteiger partial charge in [0.2, 0.25) is 16.6 Å². The number of amides is 3. The molecule has 0 bridgehead atoms. The van der Waals surface area contributed by atoms with E-state index in [1.165, 1.54) is 26.6 Å². The number of hydrogen-bond donors (Lipinski definition) is 1. The van der Waals surface area contributed by atoms with Crippen LogP contribution in [0.1, 0.15) is 80.3 Å². The lowest BCUT2D eigenvalue weighted by Gasteiger charge is -2.46. The molecule has 1 fully saturated rings. The minimum absolute atomic E-state index is 0.195. The molecule has 7 heterocycles. The van der Waals surface area contributed by atoms with E-state index in [-0.39, 0.29) is 26.3 Å². The number of halogens is 8. The first-order valence-corrected chi connectivity index (χ1v) is 26.9. The van der Waals surface area contributed by atoms with Crippen LogP contribution in [0.25, 0.3) is 0 Å². The van der Waals surface area contributed by atoms with Crippen LogP contribution in [0, 0.1) is 0 Å². The van der Waals surface area contributed by atoms with Crippen LogP contribution in [0.4, 0.5) is 31.1 Å². The van der Waals surface area contributed by atoms with E-state index in [1.54, 1.807) is 57.8 Å². The lowest BCUT2D eigenvalue weighted by molar-refractivity contribution is -0.173. The summed E-state index contributed by atoms with van der Waals surface area (Å²) in [4.78, 5) is 69.8. The third kappa shape index (κ3) is 10.0. The minimum Gasteiger partial charge on any atom is -0.502 e. The van der Waals surface area contributed by atoms with Crippen molar-refractivity contribution in [3.05, 3.63) is 185 Å². The van der Waals surface area contributed by atoms with E-state index in [9.17, 15) is 55.4 Å². The number of nitrogens with zero attached hydrogens (tertiary/aromatic N) is 7. The Kier molecular flexibility index (Phi) is 15.0. The highest BCUT2D eigenvalue weighted by Crippen LogP contribution is 2.47. The summed E-state index contributed by atoms with van der Waals surface area (Å²) >= 11 is 16.3. The molecule has 15 nitrogen and oxygen atoms in total. The molecule has 0 spiro atoms. The van der Waals surface area contributed by atoms with Crippen molar-refractivity contribution in [2.75, 3.05) is 49.7 Å². The molecule has 0 unspecified atom stereocenters. The number of fused-ring (bicyclic) bond motifs is 6. The third-order valence-corrected chi connectivity index (χ3v) is 17.1. The normalized spacial score (nSPS) is 18.9. The molecule has 2 aromatic heterocycles. The van der Waals surface area contributed by atoms with Crippen molar-refractivity contribution in [3.63, 3.8) is 0 Å². The quantitative estimate of drug-likeness (QED) is 0.164. The summed E-state index contributed by atoms with van der Waals surface area (Å²) in [5.41, 5.74) is 2.02. The van der Waals surface area contributed by atoms with Crippen molar-refractivity contribution in [2.45, 2.75) is 71.7 Å². The van der Waals surface area contributed by atoms with Crippen LogP contribution in [-0.4, -0.2) is 111 Å². The van der Waals surface area contributed by atoms with E-state index in [0.717, 1.165) is 69.2 Å².